The SMILES string of the molecule is Cc1ccncc1NC(=O)c1n[nH]c(C2CC2)n1. The van der Waals surface area contributed by atoms with Crippen molar-refractivity contribution in [1.82, 2.24) is 20.2 Å². The van der Waals surface area contributed by atoms with Gasteiger partial charge in [0.15, 0.2) is 0 Å². The van der Waals surface area contributed by atoms with E-state index in [2.05, 4.69) is 25.5 Å². The van der Waals surface area contributed by atoms with Crippen LogP contribution in [0.4, 0.5) is 5.69 Å². The monoisotopic (exact) mass is 243 g/mol. The van der Waals surface area contributed by atoms with Gasteiger partial charge in [-0.15, -0.1) is 5.10 Å². The van der Waals surface area contributed by atoms with Gasteiger partial charge < -0.3 is 5.32 Å². The van der Waals surface area contributed by atoms with Gasteiger partial charge in [-0.1, -0.05) is 0 Å². The number of H-pyrrole nitrogens is 1. The molecule has 0 atom stereocenters. The van der Waals surface area contributed by atoms with Crippen LogP contribution in [0.2, 0.25) is 0 Å². The minimum Gasteiger partial charge on any atom is -0.318 e. The third-order valence-electron chi connectivity index (χ3n) is 2.96. The first-order chi connectivity index (χ1) is 8.74. The Morgan fingerprint density at radius 2 is 2.33 bits per heavy atom. The largest absolute Gasteiger partial charge is 0.318 e. The van der Waals surface area contributed by atoms with Crippen LogP contribution < -0.4 is 5.32 Å². The molecule has 0 aromatic carbocycles. The van der Waals surface area contributed by atoms with Gasteiger partial charge in [-0.05, 0) is 31.4 Å². The number of carbonyl (C=O) groups excluding carboxylic acids is 1. The normalized spacial score (nSPS) is 14.5. The minimum atomic E-state index is -0.311. The lowest BCUT2D eigenvalue weighted by molar-refractivity contribution is 0.101. The number of amides is 1. The molecule has 0 aliphatic heterocycles. The molecule has 0 radical (unpaired) electrons. The van der Waals surface area contributed by atoms with Crippen LogP contribution >= 0.6 is 0 Å². The zero-order chi connectivity index (χ0) is 12.5. The first-order valence-corrected chi connectivity index (χ1v) is 5.88. The maximum Gasteiger partial charge on any atom is 0.295 e. The second kappa shape index (κ2) is 4.21. The number of aryl methyl sites for hydroxylation is 1. The van der Waals surface area contributed by atoms with Crippen molar-refractivity contribution in [1.29, 1.82) is 0 Å². The summed E-state index contributed by atoms with van der Waals surface area (Å²) in [6, 6.07) is 1.84. The maximum atomic E-state index is 11.9. The molecule has 2 aromatic heterocycles. The third kappa shape index (κ3) is 2.09. The Balaban J connectivity index is 1.76. The van der Waals surface area contributed by atoms with Crippen molar-refractivity contribution < 1.29 is 4.79 Å². The fourth-order valence-electron chi connectivity index (χ4n) is 1.69. The maximum absolute atomic E-state index is 11.9. The van der Waals surface area contributed by atoms with E-state index in [1.165, 1.54) is 0 Å². The van der Waals surface area contributed by atoms with Gasteiger partial charge >= 0.3 is 0 Å². The average Bonchev–Trinajstić information content (AvgIpc) is 3.10. The number of nitrogens with one attached hydrogen (secondary N) is 2. The van der Waals surface area contributed by atoms with E-state index in [0.717, 1.165) is 24.2 Å². The number of pyridine rings is 1. The van der Waals surface area contributed by atoms with E-state index in [1.54, 1.807) is 12.4 Å². The summed E-state index contributed by atoms with van der Waals surface area (Å²) in [5.41, 5.74) is 1.64. The standard InChI is InChI=1S/C12H13N5O/c1-7-4-5-13-6-9(7)14-12(18)11-15-10(16-17-11)8-2-3-8/h4-6,8H,2-3H2,1H3,(H,14,18)(H,15,16,17). The zero-order valence-electron chi connectivity index (χ0n) is 9.97. The first-order valence-electron chi connectivity index (χ1n) is 5.88. The molecule has 1 saturated carbocycles. The van der Waals surface area contributed by atoms with Crippen LogP contribution in [0.5, 0.6) is 0 Å². The molecule has 1 amide bonds. The predicted octanol–water partition coefficient (Wildman–Crippen LogP) is 1.64. The van der Waals surface area contributed by atoms with Crippen molar-refractivity contribution >= 4 is 11.6 Å². The van der Waals surface area contributed by atoms with Crippen LogP contribution in [0.25, 0.3) is 0 Å². The van der Waals surface area contributed by atoms with Crippen LogP contribution in [0.1, 0.15) is 40.8 Å². The van der Waals surface area contributed by atoms with Crippen LogP contribution in [-0.2, 0) is 0 Å². The fraction of sp³-hybridized carbons (Fsp3) is 0.333. The highest BCUT2D eigenvalue weighted by molar-refractivity contribution is 6.01. The molecule has 2 heterocycles. The van der Waals surface area contributed by atoms with Gasteiger partial charge in [-0.2, -0.15) is 0 Å². The molecule has 92 valence electrons. The van der Waals surface area contributed by atoms with E-state index >= 15 is 0 Å². The Labute approximate surface area is 104 Å². The van der Waals surface area contributed by atoms with Crippen LogP contribution in [-0.4, -0.2) is 26.1 Å². The molecule has 2 N–H and O–H groups in total. The number of nitrogens with zero attached hydrogens (tertiary/aromatic N) is 3. The number of anilines is 1. The second-order valence-electron chi connectivity index (χ2n) is 4.46. The minimum absolute atomic E-state index is 0.181. The van der Waals surface area contributed by atoms with Gasteiger partial charge in [0.1, 0.15) is 5.82 Å². The van der Waals surface area contributed by atoms with Gasteiger partial charge in [-0.3, -0.25) is 14.9 Å². The molecule has 6 nitrogen and oxygen atoms in total. The van der Waals surface area contributed by atoms with E-state index in [9.17, 15) is 4.79 Å². The van der Waals surface area contributed by atoms with Crippen LogP contribution in [0.3, 0.4) is 0 Å². The van der Waals surface area contributed by atoms with E-state index in [4.69, 9.17) is 0 Å². The lowest BCUT2D eigenvalue weighted by Gasteiger charge is -2.04. The Morgan fingerprint density at radius 1 is 1.50 bits per heavy atom. The molecule has 18 heavy (non-hydrogen) atoms. The van der Waals surface area contributed by atoms with E-state index in [-0.39, 0.29) is 11.7 Å². The highest BCUT2D eigenvalue weighted by atomic mass is 16.2. The van der Waals surface area contributed by atoms with Gasteiger partial charge in [0.25, 0.3) is 5.91 Å². The number of rotatable bonds is 3. The number of aromatic nitrogens is 4. The van der Waals surface area contributed by atoms with Crippen LogP contribution in [0, 0.1) is 6.92 Å². The highest BCUT2D eigenvalue weighted by Gasteiger charge is 2.28. The molecule has 2 aromatic rings. The van der Waals surface area contributed by atoms with Crippen molar-refractivity contribution in [3.63, 3.8) is 0 Å². The van der Waals surface area contributed by atoms with Gasteiger partial charge in [0.05, 0.1) is 11.9 Å². The topological polar surface area (TPSA) is 83.6 Å². The van der Waals surface area contributed by atoms with Gasteiger partial charge in [0.2, 0.25) is 5.82 Å². The molecule has 0 bridgehead atoms. The molecule has 0 spiro atoms. The molecule has 0 saturated heterocycles. The number of hydrogen-bond donors (Lipinski definition) is 2. The average molecular weight is 243 g/mol. The molecule has 1 fully saturated rings. The number of aromatic amines is 1. The van der Waals surface area contributed by atoms with Gasteiger partial charge in [-0.25, -0.2) is 4.98 Å². The Kier molecular flexibility index (Phi) is 2.55. The van der Waals surface area contributed by atoms with Crippen molar-refractivity contribution in [2.45, 2.75) is 25.7 Å². The summed E-state index contributed by atoms with van der Waals surface area (Å²) in [7, 11) is 0. The lowest BCUT2D eigenvalue weighted by Crippen LogP contribution is -2.14. The molecule has 6 heteroatoms. The summed E-state index contributed by atoms with van der Waals surface area (Å²) < 4.78 is 0. The fourth-order valence-corrected chi connectivity index (χ4v) is 1.69. The molecule has 3 rings (SSSR count). The Bertz CT molecular complexity index is 588. The Morgan fingerprint density at radius 3 is 3.06 bits per heavy atom. The molecular weight excluding hydrogens is 230 g/mol. The molecular formula is C12H13N5O. The zero-order valence-corrected chi connectivity index (χ0v) is 9.97. The van der Waals surface area contributed by atoms with E-state index in [0.29, 0.717) is 11.6 Å². The number of hydrogen-bond acceptors (Lipinski definition) is 4. The first kappa shape index (κ1) is 10.9. The third-order valence-corrected chi connectivity index (χ3v) is 2.96. The number of carbonyl (C=O) groups is 1. The summed E-state index contributed by atoms with van der Waals surface area (Å²) in [6.45, 7) is 1.91. The summed E-state index contributed by atoms with van der Waals surface area (Å²) in [4.78, 5) is 20.1. The van der Waals surface area contributed by atoms with Crippen molar-refractivity contribution in [2.24, 2.45) is 0 Å². The van der Waals surface area contributed by atoms with Crippen molar-refractivity contribution in [3.05, 3.63) is 35.7 Å². The summed E-state index contributed by atoms with van der Waals surface area (Å²) in [5, 5.41) is 9.50. The Hall–Kier alpha value is -2.24. The van der Waals surface area contributed by atoms with E-state index < -0.39 is 0 Å². The quantitative estimate of drug-likeness (QED) is 0.858. The summed E-state index contributed by atoms with van der Waals surface area (Å²) >= 11 is 0. The second-order valence-corrected chi connectivity index (χ2v) is 4.46. The van der Waals surface area contributed by atoms with E-state index in [1.807, 2.05) is 13.0 Å². The smallest absolute Gasteiger partial charge is 0.295 e. The van der Waals surface area contributed by atoms with Crippen LogP contribution in [0.15, 0.2) is 18.5 Å². The van der Waals surface area contributed by atoms with Crippen molar-refractivity contribution in [3.8, 4) is 0 Å². The predicted molar refractivity (Wildman–Crippen MR) is 65.3 cm³/mol. The summed E-state index contributed by atoms with van der Waals surface area (Å²) in [6.07, 6.45) is 5.54. The van der Waals surface area contributed by atoms with Gasteiger partial charge in [0, 0.05) is 12.1 Å². The molecule has 0 unspecified atom stereocenters. The lowest BCUT2D eigenvalue weighted by atomic mass is 10.2. The van der Waals surface area contributed by atoms with Crippen molar-refractivity contribution in [2.75, 3.05) is 5.32 Å². The summed E-state index contributed by atoms with van der Waals surface area (Å²) in [5.74, 6) is 1.14. The molecule has 1 aliphatic rings. The highest BCUT2D eigenvalue weighted by Crippen LogP contribution is 2.37. The molecule has 1 aliphatic carbocycles.